The molecule has 0 unspecified atom stereocenters. The van der Waals surface area contributed by atoms with E-state index >= 15 is 0 Å². The molecular formula is C23H23FN2O4. The van der Waals surface area contributed by atoms with E-state index in [4.69, 9.17) is 9.15 Å². The number of nitrogens with zero attached hydrogens (tertiary/aromatic N) is 2. The van der Waals surface area contributed by atoms with E-state index in [-0.39, 0.29) is 28.2 Å². The first-order chi connectivity index (χ1) is 14.4. The summed E-state index contributed by atoms with van der Waals surface area (Å²) in [6.45, 7) is 3.41. The Bertz CT molecular complexity index is 1170. The van der Waals surface area contributed by atoms with Crippen molar-refractivity contribution in [1.29, 1.82) is 0 Å². The average molecular weight is 410 g/mol. The molecule has 0 N–H and O–H groups in total. The Kier molecular flexibility index (Phi) is 5.30. The van der Waals surface area contributed by atoms with E-state index in [2.05, 4.69) is 0 Å². The molecule has 156 valence electrons. The van der Waals surface area contributed by atoms with E-state index in [0.717, 1.165) is 11.6 Å². The minimum absolute atomic E-state index is 0.0182. The Hall–Kier alpha value is -3.19. The summed E-state index contributed by atoms with van der Waals surface area (Å²) in [5.41, 5.74) is 0.795. The molecule has 1 aromatic heterocycles. The number of hydrogen-bond donors (Lipinski definition) is 0. The number of halogens is 1. The molecule has 7 heteroatoms. The van der Waals surface area contributed by atoms with E-state index in [9.17, 15) is 14.0 Å². The predicted octanol–water partition coefficient (Wildman–Crippen LogP) is 3.44. The van der Waals surface area contributed by atoms with Crippen LogP contribution >= 0.6 is 0 Å². The highest BCUT2D eigenvalue weighted by Crippen LogP contribution is 2.38. The van der Waals surface area contributed by atoms with E-state index in [0.29, 0.717) is 25.4 Å². The van der Waals surface area contributed by atoms with Crippen LogP contribution in [0.15, 0.2) is 51.7 Å². The lowest BCUT2D eigenvalue weighted by molar-refractivity contribution is 0.0716. The molecule has 1 aliphatic rings. The zero-order chi connectivity index (χ0) is 21.4. The fourth-order valence-electron chi connectivity index (χ4n) is 3.82. The van der Waals surface area contributed by atoms with Crippen molar-refractivity contribution >= 4 is 16.9 Å². The van der Waals surface area contributed by atoms with Crippen molar-refractivity contribution in [2.45, 2.75) is 13.0 Å². The van der Waals surface area contributed by atoms with Crippen LogP contribution in [0.2, 0.25) is 0 Å². The quantitative estimate of drug-likeness (QED) is 0.623. The summed E-state index contributed by atoms with van der Waals surface area (Å²) in [5.74, 6) is -0.204. The molecule has 1 amide bonds. The smallest absolute Gasteiger partial charge is 0.290 e. The molecule has 2 aromatic carbocycles. The topological polar surface area (TPSA) is 63.0 Å². The zero-order valence-corrected chi connectivity index (χ0v) is 17.1. The maximum absolute atomic E-state index is 13.8. The molecule has 30 heavy (non-hydrogen) atoms. The van der Waals surface area contributed by atoms with Crippen molar-refractivity contribution in [2.75, 3.05) is 33.8 Å². The van der Waals surface area contributed by atoms with Gasteiger partial charge in [0.2, 0.25) is 5.76 Å². The predicted molar refractivity (Wildman–Crippen MR) is 111 cm³/mol. The standard InChI is InChI=1S/C23H23FN2O4/c1-4-29-16-7-5-6-14(12-16)20-19-21(27)17-13-15(24)8-9-18(17)30-22(19)23(28)26(20)11-10-25(2)3/h5-9,12-13,20H,4,10-11H2,1-3H3/t20-/m0/s1. The fourth-order valence-corrected chi connectivity index (χ4v) is 3.82. The first-order valence-electron chi connectivity index (χ1n) is 9.85. The molecule has 1 atom stereocenters. The first-order valence-corrected chi connectivity index (χ1v) is 9.85. The third-order valence-corrected chi connectivity index (χ3v) is 5.20. The summed E-state index contributed by atoms with van der Waals surface area (Å²) in [5, 5.41) is 0.127. The van der Waals surface area contributed by atoms with Gasteiger partial charge < -0.3 is 19.0 Å². The molecule has 3 aromatic rings. The van der Waals surface area contributed by atoms with Crippen LogP contribution in [-0.4, -0.2) is 49.5 Å². The van der Waals surface area contributed by atoms with Crippen molar-refractivity contribution in [2.24, 2.45) is 0 Å². The number of amides is 1. The van der Waals surface area contributed by atoms with Gasteiger partial charge in [-0.25, -0.2) is 4.39 Å². The maximum Gasteiger partial charge on any atom is 0.290 e. The minimum Gasteiger partial charge on any atom is -0.494 e. The van der Waals surface area contributed by atoms with Crippen LogP contribution < -0.4 is 10.2 Å². The van der Waals surface area contributed by atoms with Gasteiger partial charge in [-0.2, -0.15) is 0 Å². The number of carbonyl (C=O) groups is 1. The Morgan fingerprint density at radius 1 is 1.17 bits per heavy atom. The average Bonchev–Trinajstić information content (AvgIpc) is 3.00. The summed E-state index contributed by atoms with van der Waals surface area (Å²) in [6.07, 6.45) is 0. The number of fused-ring (bicyclic) bond motifs is 2. The second-order valence-corrected chi connectivity index (χ2v) is 7.52. The monoisotopic (exact) mass is 410 g/mol. The van der Waals surface area contributed by atoms with Gasteiger partial charge in [0.25, 0.3) is 5.91 Å². The van der Waals surface area contributed by atoms with Crippen molar-refractivity contribution in [3.05, 3.63) is 75.4 Å². The van der Waals surface area contributed by atoms with Crippen LogP contribution in [0, 0.1) is 5.82 Å². The Labute approximate surface area is 173 Å². The largest absolute Gasteiger partial charge is 0.494 e. The van der Waals surface area contributed by atoms with Crippen LogP contribution in [-0.2, 0) is 0 Å². The minimum atomic E-state index is -0.628. The van der Waals surface area contributed by atoms with Gasteiger partial charge in [-0.15, -0.1) is 0 Å². The summed E-state index contributed by atoms with van der Waals surface area (Å²) < 4.78 is 25.2. The summed E-state index contributed by atoms with van der Waals surface area (Å²) in [4.78, 5) is 30.2. The molecule has 6 nitrogen and oxygen atoms in total. The third-order valence-electron chi connectivity index (χ3n) is 5.20. The highest BCUT2D eigenvalue weighted by molar-refractivity contribution is 5.99. The number of hydrogen-bond acceptors (Lipinski definition) is 5. The van der Waals surface area contributed by atoms with Gasteiger partial charge in [0.1, 0.15) is 17.1 Å². The number of carbonyl (C=O) groups excluding carboxylic acids is 1. The molecule has 0 radical (unpaired) electrons. The SMILES string of the molecule is CCOc1cccc([C@H]2c3c(oc4ccc(F)cc4c3=O)C(=O)N2CCN(C)C)c1. The van der Waals surface area contributed by atoms with Gasteiger partial charge in [-0.05, 0) is 56.9 Å². The third kappa shape index (κ3) is 3.45. The lowest BCUT2D eigenvalue weighted by Gasteiger charge is -2.26. The molecule has 0 fully saturated rings. The van der Waals surface area contributed by atoms with Crippen molar-refractivity contribution in [3.8, 4) is 5.75 Å². The Morgan fingerprint density at radius 2 is 1.97 bits per heavy atom. The maximum atomic E-state index is 13.8. The molecule has 0 aliphatic carbocycles. The summed E-state index contributed by atoms with van der Waals surface area (Å²) in [7, 11) is 3.83. The van der Waals surface area contributed by atoms with E-state index in [1.165, 1.54) is 12.1 Å². The molecule has 0 saturated heterocycles. The highest BCUT2D eigenvalue weighted by atomic mass is 19.1. The number of rotatable bonds is 6. The fraction of sp³-hybridized carbons (Fsp3) is 0.304. The van der Waals surface area contributed by atoms with E-state index in [1.807, 2.05) is 50.2 Å². The second-order valence-electron chi connectivity index (χ2n) is 7.52. The molecule has 0 saturated carbocycles. The molecular weight excluding hydrogens is 387 g/mol. The number of benzene rings is 2. The molecule has 2 heterocycles. The summed E-state index contributed by atoms with van der Waals surface area (Å²) >= 11 is 0. The van der Waals surface area contributed by atoms with Crippen LogP contribution in [0.25, 0.3) is 11.0 Å². The second kappa shape index (κ2) is 7.91. The summed E-state index contributed by atoms with van der Waals surface area (Å²) in [6, 6.07) is 10.5. The van der Waals surface area contributed by atoms with Crippen LogP contribution in [0.1, 0.15) is 34.6 Å². The first kappa shape index (κ1) is 20.1. The lowest BCUT2D eigenvalue weighted by atomic mass is 9.98. The van der Waals surface area contributed by atoms with Crippen molar-refractivity contribution < 1.29 is 18.3 Å². The van der Waals surface area contributed by atoms with Crippen molar-refractivity contribution in [3.63, 3.8) is 0 Å². The molecule has 4 rings (SSSR count). The van der Waals surface area contributed by atoms with Gasteiger partial charge in [0.15, 0.2) is 5.43 Å². The van der Waals surface area contributed by atoms with Crippen molar-refractivity contribution in [1.82, 2.24) is 9.80 Å². The van der Waals surface area contributed by atoms with Gasteiger partial charge in [0.05, 0.1) is 23.6 Å². The van der Waals surface area contributed by atoms with Gasteiger partial charge in [0, 0.05) is 13.1 Å². The van der Waals surface area contributed by atoms with Crippen LogP contribution in [0.4, 0.5) is 4.39 Å². The lowest BCUT2D eigenvalue weighted by Crippen LogP contribution is -2.35. The van der Waals surface area contributed by atoms with E-state index < -0.39 is 17.3 Å². The van der Waals surface area contributed by atoms with Gasteiger partial charge >= 0.3 is 0 Å². The molecule has 0 spiro atoms. The normalized spacial score (nSPS) is 15.8. The van der Waals surface area contributed by atoms with Gasteiger partial charge in [-0.1, -0.05) is 12.1 Å². The molecule has 1 aliphatic heterocycles. The van der Waals surface area contributed by atoms with Crippen LogP contribution in [0.5, 0.6) is 5.75 Å². The zero-order valence-electron chi connectivity index (χ0n) is 17.1. The van der Waals surface area contributed by atoms with E-state index in [1.54, 1.807) is 4.90 Å². The number of ether oxygens (including phenoxy) is 1. The van der Waals surface area contributed by atoms with Gasteiger partial charge in [-0.3, -0.25) is 9.59 Å². The van der Waals surface area contributed by atoms with Crippen LogP contribution in [0.3, 0.4) is 0 Å². The Morgan fingerprint density at radius 3 is 2.70 bits per heavy atom. The number of likely N-dealkylation sites (N-methyl/N-ethyl adjacent to an activating group) is 1. The Balaban J connectivity index is 1.92. The highest BCUT2D eigenvalue weighted by Gasteiger charge is 2.42. The molecule has 0 bridgehead atoms.